The number of hydrogen-bond donors (Lipinski definition) is 2. The van der Waals surface area contributed by atoms with Gasteiger partial charge in [0.1, 0.15) is 9.84 Å². The van der Waals surface area contributed by atoms with Gasteiger partial charge in [0, 0.05) is 23.3 Å². The number of hydrogen-bond acceptors (Lipinski definition) is 4. The van der Waals surface area contributed by atoms with Crippen LogP contribution in [-0.4, -0.2) is 31.9 Å². The first kappa shape index (κ1) is 15.8. The van der Waals surface area contributed by atoms with Crippen molar-refractivity contribution < 1.29 is 13.2 Å². The number of rotatable bonds is 4. The van der Waals surface area contributed by atoms with Crippen LogP contribution >= 0.6 is 0 Å². The SMILES string of the molecule is CC(C)C(=O)Nc1ccc(NC2CCS(=O)(=O)CC2)cc1. The Morgan fingerprint density at radius 3 is 2.14 bits per heavy atom. The van der Waals surface area contributed by atoms with E-state index in [1.165, 1.54) is 0 Å². The van der Waals surface area contributed by atoms with Crippen LogP contribution in [0.5, 0.6) is 0 Å². The highest BCUT2D eigenvalue weighted by molar-refractivity contribution is 7.91. The number of benzene rings is 1. The second kappa shape index (κ2) is 6.47. The summed E-state index contributed by atoms with van der Waals surface area (Å²) in [5.41, 5.74) is 1.72. The van der Waals surface area contributed by atoms with E-state index < -0.39 is 9.84 Å². The maximum Gasteiger partial charge on any atom is 0.226 e. The molecule has 1 aromatic rings. The van der Waals surface area contributed by atoms with E-state index in [-0.39, 0.29) is 29.4 Å². The molecule has 5 nitrogen and oxygen atoms in total. The molecule has 2 rings (SSSR count). The molecule has 1 amide bonds. The van der Waals surface area contributed by atoms with Gasteiger partial charge in [-0.05, 0) is 37.1 Å². The van der Waals surface area contributed by atoms with Crippen LogP contribution < -0.4 is 10.6 Å². The van der Waals surface area contributed by atoms with Crippen LogP contribution in [-0.2, 0) is 14.6 Å². The fraction of sp³-hybridized carbons (Fsp3) is 0.533. The molecule has 0 atom stereocenters. The van der Waals surface area contributed by atoms with E-state index >= 15 is 0 Å². The number of carbonyl (C=O) groups is 1. The van der Waals surface area contributed by atoms with E-state index in [4.69, 9.17) is 0 Å². The molecular formula is C15H22N2O3S. The van der Waals surface area contributed by atoms with Crippen LogP contribution in [0.25, 0.3) is 0 Å². The van der Waals surface area contributed by atoms with E-state index in [1.807, 2.05) is 38.1 Å². The Bertz CT molecular complexity index is 580. The van der Waals surface area contributed by atoms with Crippen molar-refractivity contribution in [3.63, 3.8) is 0 Å². The molecule has 1 aromatic carbocycles. The molecule has 1 saturated heterocycles. The lowest BCUT2D eigenvalue weighted by Crippen LogP contribution is -2.32. The molecular weight excluding hydrogens is 288 g/mol. The number of sulfone groups is 1. The van der Waals surface area contributed by atoms with Crippen molar-refractivity contribution in [1.82, 2.24) is 0 Å². The van der Waals surface area contributed by atoms with Crippen molar-refractivity contribution in [3.05, 3.63) is 24.3 Å². The standard InChI is InChI=1S/C15H22N2O3S/c1-11(2)15(18)17-13-5-3-12(4-6-13)16-14-7-9-21(19,20)10-8-14/h3-6,11,14,16H,7-10H2,1-2H3,(H,17,18). The van der Waals surface area contributed by atoms with E-state index in [2.05, 4.69) is 10.6 Å². The van der Waals surface area contributed by atoms with Gasteiger partial charge in [-0.2, -0.15) is 0 Å². The second-order valence-corrected chi connectivity index (χ2v) is 8.10. The second-order valence-electron chi connectivity index (χ2n) is 5.79. The normalized spacial score (nSPS) is 18.4. The minimum absolute atomic E-state index is 0.00630. The number of nitrogens with one attached hydrogen (secondary N) is 2. The minimum Gasteiger partial charge on any atom is -0.382 e. The van der Waals surface area contributed by atoms with Crippen molar-refractivity contribution in [2.45, 2.75) is 32.7 Å². The topological polar surface area (TPSA) is 75.3 Å². The average molecular weight is 310 g/mol. The molecule has 21 heavy (non-hydrogen) atoms. The van der Waals surface area contributed by atoms with E-state index in [9.17, 15) is 13.2 Å². The zero-order valence-corrected chi connectivity index (χ0v) is 13.2. The molecule has 0 aliphatic carbocycles. The first-order valence-corrected chi connectivity index (χ1v) is 9.06. The van der Waals surface area contributed by atoms with E-state index in [0.29, 0.717) is 12.8 Å². The third-order valence-electron chi connectivity index (χ3n) is 3.60. The highest BCUT2D eigenvalue weighted by Gasteiger charge is 2.23. The summed E-state index contributed by atoms with van der Waals surface area (Å²) >= 11 is 0. The van der Waals surface area contributed by atoms with Gasteiger partial charge >= 0.3 is 0 Å². The minimum atomic E-state index is -2.82. The smallest absolute Gasteiger partial charge is 0.226 e. The number of amides is 1. The summed E-state index contributed by atoms with van der Waals surface area (Å²) in [5.74, 6) is 0.459. The van der Waals surface area contributed by atoms with Crippen LogP contribution in [0.4, 0.5) is 11.4 Å². The Morgan fingerprint density at radius 2 is 1.62 bits per heavy atom. The van der Waals surface area contributed by atoms with Gasteiger partial charge in [0.15, 0.2) is 0 Å². The summed E-state index contributed by atoms with van der Waals surface area (Å²) in [6, 6.07) is 7.70. The molecule has 0 radical (unpaired) electrons. The lowest BCUT2D eigenvalue weighted by Gasteiger charge is -2.24. The Labute approximate surface area is 126 Å². The summed E-state index contributed by atoms with van der Waals surface area (Å²) in [6.07, 6.45) is 1.29. The van der Waals surface area contributed by atoms with Gasteiger partial charge in [-0.15, -0.1) is 0 Å². The van der Waals surface area contributed by atoms with Crippen LogP contribution in [0, 0.1) is 5.92 Å². The van der Waals surface area contributed by atoms with Crippen LogP contribution in [0.2, 0.25) is 0 Å². The lowest BCUT2D eigenvalue weighted by molar-refractivity contribution is -0.118. The van der Waals surface area contributed by atoms with Gasteiger partial charge in [-0.3, -0.25) is 4.79 Å². The predicted octanol–water partition coefficient (Wildman–Crippen LogP) is 2.27. The number of anilines is 2. The fourth-order valence-corrected chi connectivity index (χ4v) is 3.70. The molecule has 0 aromatic heterocycles. The highest BCUT2D eigenvalue weighted by Crippen LogP contribution is 2.20. The molecule has 0 unspecified atom stereocenters. The highest BCUT2D eigenvalue weighted by atomic mass is 32.2. The summed E-state index contributed by atoms with van der Waals surface area (Å²) in [7, 11) is -2.82. The van der Waals surface area contributed by atoms with E-state index in [0.717, 1.165) is 11.4 Å². The largest absolute Gasteiger partial charge is 0.382 e. The first-order chi connectivity index (χ1) is 9.85. The summed E-state index contributed by atoms with van der Waals surface area (Å²) in [6.45, 7) is 3.70. The average Bonchev–Trinajstić information content (AvgIpc) is 2.43. The van der Waals surface area contributed by atoms with Gasteiger partial charge in [-0.1, -0.05) is 13.8 Å². The molecule has 0 spiro atoms. The fourth-order valence-electron chi connectivity index (χ4n) is 2.21. The maximum absolute atomic E-state index is 11.6. The third kappa shape index (κ3) is 4.74. The molecule has 1 heterocycles. The molecule has 1 fully saturated rings. The Kier molecular flexibility index (Phi) is 4.88. The monoisotopic (exact) mass is 310 g/mol. The predicted molar refractivity (Wildman–Crippen MR) is 85.2 cm³/mol. The molecule has 2 N–H and O–H groups in total. The molecule has 116 valence electrons. The van der Waals surface area contributed by atoms with Gasteiger partial charge in [0.25, 0.3) is 0 Å². The van der Waals surface area contributed by atoms with Crippen LogP contribution in [0.15, 0.2) is 24.3 Å². The zero-order valence-electron chi connectivity index (χ0n) is 12.4. The third-order valence-corrected chi connectivity index (χ3v) is 5.32. The quantitative estimate of drug-likeness (QED) is 0.894. The first-order valence-electron chi connectivity index (χ1n) is 7.23. The van der Waals surface area contributed by atoms with E-state index in [1.54, 1.807) is 0 Å². The number of carbonyl (C=O) groups excluding carboxylic acids is 1. The molecule has 0 bridgehead atoms. The molecule has 1 aliphatic rings. The lowest BCUT2D eigenvalue weighted by atomic mass is 10.1. The van der Waals surface area contributed by atoms with Gasteiger partial charge in [0.2, 0.25) is 5.91 Å². The summed E-state index contributed by atoms with van der Waals surface area (Å²) in [5, 5.41) is 6.18. The summed E-state index contributed by atoms with van der Waals surface area (Å²) < 4.78 is 22.8. The Balaban J connectivity index is 1.89. The van der Waals surface area contributed by atoms with Gasteiger partial charge in [-0.25, -0.2) is 8.42 Å². The Morgan fingerprint density at radius 1 is 1.10 bits per heavy atom. The van der Waals surface area contributed by atoms with Gasteiger partial charge in [0.05, 0.1) is 11.5 Å². The van der Waals surface area contributed by atoms with Gasteiger partial charge < -0.3 is 10.6 Å². The van der Waals surface area contributed by atoms with Crippen molar-refractivity contribution in [3.8, 4) is 0 Å². The van der Waals surface area contributed by atoms with Crippen LogP contribution in [0.3, 0.4) is 0 Å². The van der Waals surface area contributed by atoms with Crippen LogP contribution in [0.1, 0.15) is 26.7 Å². The summed E-state index contributed by atoms with van der Waals surface area (Å²) in [4.78, 5) is 11.6. The van der Waals surface area contributed by atoms with Crippen molar-refractivity contribution in [1.29, 1.82) is 0 Å². The van der Waals surface area contributed by atoms with Crippen molar-refractivity contribution in [2.75, 3.05) is 22.1 Å². The Hall–Kier alpha value is -1.56. The molecule has 1 aliphatic heterocycles. The zero-order chi connectivity index (χ0) is 15.5. The molecule has 0 saturated carbocycles. The molecule has 6 heteroatoms. The van der Waals surface area contributed by atoms with Crippen molar-refractivity contribution >= 4 is 27.1 Å². The maximum atomic E-state index is 11.6. The van der Waals surface area contributed by atoms with Crippen molar-refractivity contribution in [2.24, 2.45) is 5.92 Å².